The molecule has 1 heterocycles. The number of hydrogen-bond donors (Lipinski definition) is 4. The van der Waals surface area contributed by atoms with Crippen molar-refractivity contribution < 1.29 is 25.2 Å². The van der Waals surface area contributed by atoms with Crippen LogP contribution < -0.4 is 0 Å². The molecule has 1 saturated heterocycles. The first-order valence-corrected chi connectivity index (χ1v) is 4.75. The molecular formula is C7H11IO5. The molecule has 0 aromatic heterocycles. The molecule has 0 saturated carbocycles. The van der Waals surface area contributed by atoms with E-state index in [0.29, 0.717) is 3.58 Å². The normalized spacial score (nSPS) is 46.1. The SMILES string of the molecule is C=C(I)[C@@H]1OC(O)[C@H](O)[C@@H](O)[C@@H]1O. The Labute approximate surface area is 88.8 Å². The van der Waals surface area contributed by atoms with Crippen molar-refractivity contribution in [1.29, 1.82) is 0 Å². The Bertz CT molecular complexity index is 209. The molecule has 0 radical (unpaired) electrons. The number of rotatable bonds is 1. The molecule has 0 aromatic rings. The van der Waals surface area contributed by atoms with Crippen molar-refractivity contribution in [1.82, 2.24) is 0 Å². The zero-order valence-electron chi connectivity index (χ0n) is 6.67. The maximum absolute atomic E-state index is 9.38. The summed E-state index contributed by atoms with van der Waals surface area (Å²) in [7, 11) is 0. The first-order valence-electron chi connectivity index (χ1n) is 3.67. The summed E-state index contributed by atoms with van der Waals surface area (Å²) in [5.41, 5.74) is 0. The van der Waals surface area contributed by atoms with Gasteiger partial charge in [-0.3, -0.25) is 0 Å². The summed E-state index contributed by atoms with van der Waals surface area (Å²) in [5, 5.41) is 36.8. The minimum absolute atomic E-state index is 0.454. The average molecular weight is 302 g/mol. The number of aliphatic hydroxyl groups excluding tert-OH is 4. The van der Waals surface area contributed by atoms with Gasteiger partial charge in [0, 0.05) is 3.58 Å². The Balaban J connectivity index is 2.76. The van der Waals surface area contributed by atoms with E-state index in [-0.39, 0.29) is 0 Å². The van der Waals surface area contributed by atoms with E-state index in [1.54, 1.807) is 0 Å². The van der Waals surface area contributed by atoms with Crippen molar-refractivity contribution in [3.63, 3.8) is 0 Å². The van der Waals surface area contributed by atoms with E-state index in [4.69, 9.17) is 14.9 Å². The van der Waals surface area contributed by atoms with Crippen LogP contribution in [-0.4, -0.2) is 51.1 Å². The van der Waals surface area contributed by atoms with E-state index in [2.05, 4.69) is 6.58 Å². The van der Waals surface area contributed by atoms with Crippen molar-refractivity contribution in [3.8, 4) is 0 Å². The van der Waals surface area contributed by atoms with Crippen LogP contribution in [0.2, 0.25) is 0 Å². The van der Waals surface area contributed by atoms with Crippen molar-refractivity contribution in [2.45, 2.75) is 30.7 Å². The van der Waals surface area contributed by atoms with Crippen LogP contribution in [0.1, 0.15) is 0 Å². The topological polar surface area (TPSA) is 90.2 Å². The quantitative estimate of drug-likeness (QED) is 0.454. The molecule has 0 aliphatic carbocycles. The van der Waals surface area contributed by atoms with Gasteiger partial charge in [-0.15, -0.1) is 0 Å². The summed E-state index contributed by atoms with van der Waals surface area (Å²) in [6, 6.07) is 0. The number of aliphatic hydroxyl groups is 4. The van der Waals surface area contributed by atoms with E-state index in [0.717, 1.165) is 0 Å². The molecule has 13 heavy (non-hydrogen) atoms. The highest BCUT2D eigenvalue weighted by Gasteiger charge is 2.43. The zero-order valence-corrected chi connectivity index (χ0v) is 8.83. The molecule has 5 nitrogen and oxygen atoms in total. The lowest BCUT2D eigenvalue weighted by Gasteiger charge is -2.38. The van der Waals surface area contributed by atoms with Gasteiger partial charge in [-0.2, -0.15) is 0 Å². The van der Waals surface area contributed by atoms with Crippen LogP contribution in [-0.2, 0) is 4.74 Å². The molecule has 6 heteroatoms. The van der Waals surface area contributed by atoms with Gasteiger partial charge in [0.15, 0.2) is 6.29 Å². The summed E-state index contributed by atoms with van der Waals surface area (Å²) in [4.78, 5) is 0. The van der Waals surface area contributed by atoms with E-state index in [1.807, 2.05) is 22.6 Å². The lowest BCUT2D eigenvalue weighted by molar-refractivity contribution is -0.271. The van der Waals surface area contributed by atoms with Crippen LogP contribution in [0.3, 0.4) is 0 Å². The monoisotopic (exact) mass is 302 g/mol. The van der Waals surface area contributed by atoms with Crippen molar-refractivity contribution in [3.05, 3.63) is 10.2 Å². The fraction of sp³-hybridized carbons (Fsp3) is 0.714. The smallest absolute Gasteiger partial charge is 0.184 e. The zero-order chi connectivity index (χ0) is 10.2. The van der Waals surface area contributed by atoms with Gasteiger partial charge in [-0.1, -0.05) is 6.58 Å². The summed E-state index contributed by atoms with van der Waals surface area (Å²) in [5.74, 6) is 0. The fourth-order valence-corrected chi connectivity index (χ4v) is 1.64. The first-order chi connectivity index (χ1) is 5.95. The molecule has 1 fully saturated rings. The van der Waals surface area contributed by atoms with Crippen molar-refractivity contribution in [2.75, 3.05) is 0 Å². The molecule has 0 spiro atoms. The Morgan fingerprint density at radius 1 is 1.08 bits per heavy atom. The number of ether oxygens (including phenoxy) is 1. The molecule has 1 rings (SSSR count). The minimum atomic E-state index is -1.49. The van der Waals surface area contributed by atoms with Gasteiger partial charge in [0.05, 0.1) is 0 Å². The summed E-state index contributed by atoms with van der Waals surface area (Å²) < 4.78 is 5.28. The minimum Gasteiger partial charge on any atom is -0.387 e. The second-order valence-corrected chi connectivity index (χ2v) is 4.25. The van der Waals surface area contributed by atoms with E-state index in [1.165, 1.54) is 0 Å². The second-order valence-electron chi connectivity index (χ2n) is 2.87. The van der Waals surface area contributed by atoms with Crippen LogP contribution in [0.15, 0.2) is 10.2 Å². The molecule has 0 amide bonds. The molecule has 0 bridgehead atoms. The highest BCUT2D eigenvalue weighted by Crippen LogP contribution is 2.26. The summed E-state index contributed by atoms with van der Waals surface area (Å²) in [6.07, 6.45) is -6.51. The largest absolute Gasteiger partial charge is 0.387 e. The Morgan fingerprint density at radius 2 is 1.62 bits per heavy atom. The van der Waals surface area contributed by atoms with Crippen LogP contribution in [0.25, 0.3) is 0 Å². The highest BCUT2D eigenvalue weighted by atomic mass is 127. The summed E-state index contributed by atoms with van der Waals surface area (Å²) in [6.45, 7) is 3.52. The average Bonchev–Trinajstić information content (AvgIpc) is 2.07. The van der Waals surface area contributed by atoms with Crippen LogP contribution >= 0.6 is 22.6 Å². The molecule has 4 N–H and O–H groups in total. The molecule has 5 atom stereocenters. The van der Waals surface area contributed by atoms with Crippen LogP contribution in [0.4, 0.5) is 0 Å². The molecular weight excluding hydrogens is 291 g/mol. The second kappa shape index (κ2) is 4.20. The van der Waals surface area contributed by atoms with E-state index in [9.17, 15) is 10.2 Å². The predicted molar refractivity (Wildman–Crippen MR) is 52.1 cm³/mol. The highest BCUT2D eigenvalue weighted by molar-refractivity contribution is 14.1. The summed E-state index contributed by atoms with van der Waals surface area (Å²) >= 11 is 1.82. The molecule has 1 aliphatic rings. The van der Waals surface area contributed by atoms with E-state index >= 15 is 0 Å². The van der Waals surface area contributed by atoms with Crippen LogP contribution in [0, 0.1) is 0 Å². The van der Waals surface area contributed by atoms with Gasteiger partial charge in [0.2, 0.25) is 0 Å². The standard InChI is InChI=1S/C7H11IO5/c1-2(8)6-4(10)3(9)5(11)7(12)13-6/h3-7,9-12H,1H2/t3-,4-,5+,6-,7?/m0/s1. The predicted octanol–water partition coefficient (Wildman–Crippen LogP) is -1.27. The molecule has 76 valence electrons. The third-order valence-corrected chi connectivity index (χ3v) is 2.51. The molecule has 0 aromatic carbocycles. The van der Waals surface area contributed by atoms with E-state index < -0.39 is 30.7 Å². The molecule has 1 unspecified atom stereocenters. The maximum atomic E-state index is 9.38. The Hall–Kier alpha value is 0.270. The number of halogens is 1. The van der Waals surface area contributed by atoms with Gasteiger partial charge in [-0.05, 0) is 22.6 Å². The van der Waals surface area contributed by atoms with Gasteiger partial charge in [0.25, 0.3) is 0 Å². The van der Waals surface area contributed by atoms with Gasteiger partial charge < -0.3 is 25.2 Å². The van der Waals surface area contributed by atoms with Gasteiger partial charge >= 0.3 is 0 Å². The maximum Gasteiger partial charge on any atom is 0.184 e. The van der Waals surface area contributed by atoms with Crippen molar-refractivity contribution in [2.24, 2.45) is 0 Å². The molecule has 1 aliphatic heterocycles. The van der Waals surface area contributed by atoms with Gasteiger partial charge in [0.1, 0.15) is 24.4 Å². The fourth-order valence-electron chi connectivity index (χ4n) is 1.12. The lowest BCUT2D eigenvalue weighted by atomic mass is 9.99. The Kier molecular flexibility index (Phi) is 3.66. The van der Waals surface area contributed by atoms with Crippen molar-refractivity contribution >= 4 is 22.6 Å². The number of hydrogen-bond acceptors (Lipinski definition) is 5. The third kappa shape index (κ3) is 2.20. The first kappa shape index (κ1) is 11.3. The van der Waals surface area contributed by atoms with Gasteiger partial charge in [-0.25, -0.2) is 0 Å². The van der Waals surface area contributed by atoms with Crippen LogP contribution in [0.5, 0.6) is 0 Å². The lowest BCUT2D eigenvalue weighted by Crippen LogP contribution is -2.57. The Morgan fingerprint density at radius 3 is 2.08 bits per heavy atom. The third-order valence-electron chi connectivity index (χ3n) is 1.90.